The van der Waals surface area contributed by atoms with Gasteiger partial charge < -0.3 is 20.1 Å². The van der Waals surface area contributed by atoms with Gasteiger partial charge in [-0.2, -0.15) is 15.0 Å². The Balaban J connectivity index is 2.04. The van der Waals surface area contributed by atoms with Crippen LogP contribution in [0.2, 0.25) is 0 Å². The van der Waals surface area contributed by atoms with E-state index in [9.17, 15) is 9.59 Å². The van der Waals surface area contributed by atoms with Crippen molar-refractivity contribution in [2.45, 2.75) is 6.92 Å². The first kappa shape index (κ1) is 17.6. The molecule has 0 atom stereocenters. The van der Waals surface area contributed by atoms with E-state index in [0.717, 1.165) is 0 Å². The topological polar surface area (TPSA) is 145 Å². The normalized spacial score (nSPS) is 12.2. The van der Waals surface area contributed by atoms with E-state index in [2.05, 4.69) is 31.0 Å². The Morgan fingerprint density at radius 2 is 2.10 bits per heavy atom. The van der Waals surface area contributed by atoms with Gasteiger partial charge in [0.05, 0.1) is 31.3 Å². The second-order valence-electron chi connectivity index (χ2n) is 6.02. The number of para-hydroxylation sites is 1. The Morgan fingerprint density at radius 3 is 2.77 bits per heavy atom. The first-order valence-corrected chi connectivity index (χ1v) is 9.06. The lowest BCUT2D eigenvalue weighted by atomic mass is 10.1. The van der Waals surface area contributed by atoms with Crippen molar-refractivity contribution in [1.29, 1.82) is 0 Å². The highest BCUT2D eigenvalue weighted by molar-refractivity contribution is 5.99. The van der Waals surface area contributed by atoms with Gasteiger partial charge in [-0.15, -0.1) is 10.2 Å². The molecular formula is C19H22N8O4. The molecule has 0 fully saturated rings. The van der Waals surface area contributed by atoms with Gasteiger partial charge in [0.2, 0.25) is 0 Å². The largest absolute Gasteiger partial charge is 0.494 e. The number of nitrogens with zero attached hydrogens (tertiary/aromatic N) is 5. The van der Waals surface area contributed by atoms with E-state index in [4.69, 9.17) is 13.6 Å². The van der Waals surface area contributed by atoms with Gasteiger partial charge in [-0.3, -0.25) is 10.1 Å². The molecule has 0 aliphatic heterocycles. The molecule has 2 heterocycles. The molecule has 0 aliphatic carbocycles. The number of benzene rings is 1. The van der Waals surface area contributed by atoms with Crippen molar-refractivity contribution in [2.75, 3.05) is 31.3 Å². The highest BCUT2D eigenvalue weighted by Gasteiger charge is 2.19. The fraction of sp³-hybridized carbons (Fsp3) is 0.263. The summed E-state index contributed by atoms with van der Waals surface area (Å²) in [6.45, 7) is -0.978. The molecule has 0 radical (unpaired) electrons. The zero-order chi connectivity index (χ0) is 24.9. The molecule has 1 aromatic carbocycles. The summed E-state index contributed by atoms with van der Waals surface area (Å²) in [4.78, 5) is 25.8. The van der Waals surface area contributed by atoms with Gasteiger partial charge in [-0.1, -0.05) is 6.07 Å². The summed E-state index contributed by atoms with van der Waals surface area (Å²) >= 11 is 0. The Kier molecular flexibility index (Phi) is 5.41. The van der Waals surface area contributed by atoms with E-state index < -0.39 is 19.0 Å². The van der Waals surface area contributed by atoms with E-state index in [1.54, 1.807) is 38.4 Å². The van der Waals surface area contributed by atoms with Crippen LogP contribution in [0.4, 0.5) is 22.0 Å². The molecule has 12 nitrogen and oxygen atoms in total. The van der Waals surface area contributed by atoms with E-state index in [-0.39, 0.29) is 23.8 Å². The molecule has 31 heavy (non-hydrogen) atoms. The number of anilines is 3. The summed E-state index contributed by atoms with van der Waals surface area (Å²) in [5.41, 5.74) is 1.29. The highest BCUT2D eigenvalue weighted by atomic mass is 16.5. The van der Waals surface area contributed by atoms with Crippen molar-refractivity contribution < 1.29 is 23.2 Å². The van der Waals surface area contributed by atoms with Gasteiger partial charge in [0.25, 0.3) is 5.91 Å². The molecule has 12 heteroatoms. The Morgan fingerprint density at radius 1 is 1.26 bits per heavy atom. The zero-order valence-electron chi connectivity index (χ0n) is 20.0. The van der Waals surface area contributed by atoms with Crippen molar-refractivity contribution in [3.63, 3.8) is 0 Å². The number of aromatic nitrogens is 5. The Labute approximate surface area is 182 Å². The monoisotopic (exact) mass is 429 g/mol. The van der Waals surface area contributed by atoms with Crippen molar-refractivity contribution in [1.82, 2.24) is 30.5 Å². The number of methoxy groups -OCH3 is 1. The molecule has 2 amide bonds. The lowest BCUT2D eigenvalue weighted by molar-refractivity contribution is 0.0958. The number of ether oxygens (including phenoxy) is 2. The molecule has 162 valence electrons. The second kappa shape index (κ2) is 9.52. The Hall–Kier alpha value is -4.22. The number of nitrogens with one attached hydrogen (secondary N) is 3. The molecule has 0 saturated carbocycles. The summed E-state index contributed by atoms with van der Waals surface area (Å²) in [5, 5.41) is 23.2. The zero-order valence-corrected chi connectivity index (χ0v) is 17.0. The molecule has 2 aromatic heterocycles. The summed E-state index contributed by atoms with van der Waals surface area (Å²) in [6, 6.07) is 6.48. The van der Waals surface area contributed by atoms with Crippen molar-refractivity contribution in [2.24, 2.45) is 7.05 Å². The molecule has 3 rings (SSSR count). The predicted molar refractivity (Wildman–Crippen MR) is 112 cm³/mol. The number of carbonyl (C=O) groups excluding carboxylic acids is 2. The number of carbonyl (C=O) groups is 2. The van der Waals surface area contributed by atoms with Gasteiger partial charge in [0.1, 0.15) is 5.69 Å². The van der Waals surface area contributed by atoms with Crippen LogP contribution in [0.3, 0.4) is 0 Å². The SMILES string of the molecule is [2H]C([2H])([2H])NC(=O)c1nnc(NC(=O)OCC)cc1Nc1cccc(-c2cnn(C)n2)c1OC. The molecule has 3 N–H and O–H groups in total. The van der Waals surface area contributed by atoms with Crippen LogP contribution in [0, 0.1) is 0 Å². The number of aryl methyl sites for hydroxylation is 1. The molecule has 0 bridgehead atoms. The minimum Gasteiger partial charge on any atom is -0.494 e. The van der Waals surface area contributed by atoms with Gasteiger partial charge in [-0.25, -0.2) is 4.79 Å². The summed E-state index contributed by atoms with van der Waals surface area (Å²) < 4.78 is 32.3. The fourth-order valence-corrected chi connectivity index (χ4v) is 2.72. The standard InChI is InChI=1S/C19H22N8O4/c1-5-31-19(29)23-15-9-13(16(25-24-15)18(28)20-2)22-12-8-6-7-11(17(12)30-4)14-10-21-27(3)26-14/h6-10H,5H2,1-4H3,(H,20,28)(H2,22,23,24,29)/i2D3. The minimum atomic E-state index is -2.75. The fourth-order valence-electron chi connectivity index (χ4n) is 2.72. The van der Waals surface area contributed by atoms with Gasteiger partial charge in [-0.05, 0) is 19.1 Å². The van der Waals surface area contributed by atoms with Crippen LogP contribution in [0.1, 0.15) is 21.5 Å². The van der Waals surface area contributed by atoms with Crippen LogP contribution < -0.4 is 20.7 Å². The van der Waals surface area contributed by atoms with Crippen molar-refractivity contribution in [3.8, 4) is 17.0 Å². The maximum atomic E-state index is 12.6. The lowest BCUT2D eigenvalue weighted by Crippen LogP contribution is -2.22. The maximum Gasteiger partial charge on any atom is 0.412 e. The predicted octanol–water partition coefficient (Wildman–Crippen LogP) is 1.95. The third kappa shape index (κ3) is 4.86. The first-order chi connectivity index (χ1) is 16.1. The van der Waals surface area contributed by atoms with Crippen LogP contribution in [0.15, 0.2) is 30.5 Å². The van der Waals surface area contributed by atoms with Crippen LogP contribution in [-0.2, 0) is 11.8 Å². The number of rotatable bonds is 7. The summed E-state index contributed by atoms with van der Waals surface area (Å²) in [5.74, 6) is -0.654. The molecule has 0 spiro atoms. The van der Waals surface area contributed by atoms with Gasteiger partial charge >= 0.3 is 6.09 Å². The number of amides is 2. The quantitative estimate of drug-likeness (QED) is 0.513. The van der Waals surface area contributed by atoms with Gasteiger partial charge in [0.15, 0.2) is 17.3 Å². The summed E-state index contributed by atoms with van der Waals surface area (Å²) in [6.07, 6.45) is 0.788. The second-order valence-corrected chi connectivity index (χ2v) is 6.02. The van der Waals surface area contributed by atoms with Crippen LogP contribution >= 0.6 is 0 Å². The molecule has 0 saturated heterocycles. The van der Waals surface area contributed by atoms with E-state index in [0.29, 0.717) is 22.7 Å². The average Bonchev–Trinajstić information content (AvgIpc) is 3.18. The van der Waals surface area contributed by atoms with Crippen LogP contribution in [-0.4, -0.2) is 57.9 Å². The Bertz CT molecular complexity index is 1200. The van der Waals surface area contributed by atoms with E-state index in [1.165, 1.54) is 18.0 Å². The minimum absolute atomic E-state index is 0.0320. The molecule has 3 aromatic rings. The molecular weight excluding hydrogens is 404 g/mol. The third-order valence-corrected chi connectivity index (χ3v) is 3.99. The number of hydrogen-bond acceptors (Lipinski definition) is 9. The van der Waals surface area contributed by atoms with Crippen molar-refractivity contribution >= 4 is 29.2 Å². The third-order valence-electron chi connectivity index (χ3n) is 3.99. The first-order valence-electron chi connectivity index (χ1n) is 10.6. The van der Waals surface area contributed by atoms with E-state index in [1.807, 2.05) is 5.32 Å². The number of hydrogen-bond donors (Lipinski definition) is 3. The average molecular weight is 429 g/mol. The molecule has 0 aliphatic rings. The molecule has 0 unspecified atom stereocenters. The maximum absolute atomic E-state index is 12.6. The van der Waals surface area contributed by atoms with Gasteiger partial charge in [0, 0.05) is 29.8 Å². The van der Waals surface area contributed by atoms with Crippen molar-refractivity contribution in [3.05, 3.63) is 36.2 Å². The van der Waals surface area contributed by atoms with Crippen LogP contribution in [0.25, 0.3) is 11.3 Å². The smallest absolute Gasteiger partial charge is 0.412 e. The van der Waals surface area contributed by atoms with E-state index >= 15 is 0 Å². The highest BCUT2D eigenvalue weighted by Crippen LogP contribution is 2.37. The summed E-state index contributed by atoms with van der Waals surface area (Å²) in [7, 11) is 3.13. The van der Waals surface area contributed by atoms with Crippen LogP contribution in [0.5, 0.6) is 5.75 Å². The lowest BCUT2D eigenvalue weighted by Gasteiger charge is -2.16.